The molecule has 0 saturated carbocycles. The molecule has 1 aliphatic rings. The first-order valence-electron chi connectivity index (χ1n) is 8.20. The topological polar surface area (TPSA) is 53.9 Å². The number of nitrogens with one attached hydrogen (secondary N) is 1. The van der Waals surface area contributed by atoms with E-state index in [1.165, 1.54) is 6.42 Å². The van der Waals surface area contributed by atoms with Crippen molar-refractivity contribution < 1.29 is 9.53 Å². The third-order valence-electron chi connectivity index (χ3n) is 3.79. The lowest BCUT2D eigenvalue weighted by Gasteiger charge is -2.34. The number of halogens is 1. The highest BCUT2D eigenvalue weighted by Crippen LogP contribution is 2.18. The van der Waals surface area contributed by atoms with Crippen molar-refractivity contribution in [3.63, 3.8) is 0 Å². The molecule has 0 aromatic rings. The minimum atomic E-state index is -0.0718. The molecular weight excluding hydrogens is 393 g/mol. The van der Waals surface area contributed by atoms with E-state index in [0.717, 1.165) is 44.2 Å². The van der Waals surface area contributed by atoms with Gasteiger partial charge >= 0.3 is 5.97 Å². The SMILES string of the molecule is CCOC(=O)C1CCCN(C(=NC)NCCCC(C)C)C1.I. The first-order valence-corrected chi connectivity index (χ1v) is 8.20. The van der Waals surface area contributed by atoms with Crippen molar-refractivity contribution in [2.75, 3.05) is 33.3 Å². The summed E-state index contributed by atoms with van der Waals surface area (Å²) in [4.78, 5) is 18.4. The van der Waals surface area contributed by atoms with Crippen molar-refractivity contribution >= 4 is 35.9 Å². The minimum Gasteiger partial charge on any atom is -0.466 e. The second-order valence-electron chi connectivity index (χ2n) is 6.05. The van der Waals surface area contributed by atoms with E-state index in [1.54, 1.807) is 7.05 Å². The minimum absolute atomic E-state index is 0. The van der Waals surface area contributed by atoms with Crippen molar-refractivity contribution in [1.29, 1.82) is 0 Å². The molecule has 1 saturated heterocycles. The molecule has 1 aliphatic heterocycles. The van der Waals surface area contributed by atoms with E-state index in [4.69, 9.17) is 4.74 Å². The summed E-state index contributed by atoms with van der Waals surface area (Å²) in [5, 5.41) is 3.41. The Morgan fingerprint density at radius 3 is 2.77 bits per heavy atom. The predicted molar refractivity (Wildman–Crippen MR) is 102 cm³/mol. The van der Waals surface area contributed by atoms with Gasteiger partial charge in [0.05, 0.1) is 12.5 Å². The van der Waals surface area contributed by atoms with Gasteiger partial charge in [0.25, 0.3) is 0 Å². The van der Waals surface area contributed by atoms with Crippen LogP contribution in [0.2, 0.25) is 0 Å². The molecule has 0 aliphatic carbocycles. The number of esters is 1. The highest BCUT2D eigenvalue weighted by atomic mass is 127. The highest BCUT2D eigenvalue weighted by molar-refractivity contribution is 14.0. The third-order valence-corrected chi connectivity index (χ3v) is 3.79. The van der Waals surface area contributed by atoms with Gasteiger partial charge < -0.3 is 15.0 Å². The molecule has 0 bridgehead atoms. The molecule has 22 heavy (non-hydrogen) atoms. The van der Waals surface area contributed by atoms with Crippen LogP contribution < -0.4 is 5.32 Å². The van der Waals surface area contributed by atoms with Crippen molar-refractivity contribution in [2.24, 2.45) is 16.8 Å². The van der Waals surface area contributed by atoms with Gasteiger partial charge in [-0.25, -0.2) is 0 Å². The van der Waals surface area contributed by atoms with Gasteiger partial charge in [-0.1, -0.05) is 13.8 Å². The third kappa shape index (κ3) is 7.65. The number of aliphatic imine (C=N–C) groups is 1. The fourth-order valence-corrected chi connectivity index (χ4v) is 2.66. The van der Waals surface area contributed by atoms with Crippen molar-refractivity contribution in [1.82, 2.24) is 10.2 Å². The molecule has 0 aromatic heterocycles. The molecule has 130 valence electrons. The summed E-state index contributed by atoms with van der Waals surface area (Å²) in [6.07, 6.45) is 4.29. The molecule has 6 heteroatoms. The van der Waals surface area contributed by atoms with E-state index in [2.05, 4.69) is 29.1 Å². The Labute approximate surface area is 152 Å². The first-order chi connectivity index (χ1) is 10.1. The standard InChI is InChI=1S/C16H31N3O2.HI/c1-5-21-15(20)14-9-7-11-19(12-14)16(17-4)18-10-6-8-13(2)3;/h13-14H,5-12H2,1-4H3,(H,17,18);1H. The maximum absolute atomic E-state index is 11.9. The summed E-state index contributed by atoms with van der Waals surface area (Å²) in [6, 6.07) is 0. The predicted octanol–water partition coefficient (Wildman–Crippen LogP) is 2.89. The van der Waals surface area contributed by atoms with Crippen LogP contribution in [0.3, 0.4) is 0 Å². The Hall–Kier alpha value is -0.530. The number of likely N-dealkylation sites (tertiary alicyclic amines) is 1. The molecule has 0 amide bonds. The molecule has 5 nitrogen and oxygen atoms in total. The summed E-state index contributed by atoms with van der Waals surface area (Å²) < 4.78 is 5.14. The number of carbonyl (C=O) groups excluding carboxylic acids is 1. The van der Waals surface area contributed by atoms with Gasteiger partial charge in [0.1, 0.15) is 0 Å². The number of nitrogens with zero attached hydrogens (tertiary/aromatic N) is 2. The van der Waals surface area contributed by atoms with Gasteiger partial charge in [-0.3, -0.25) is 9.79 Å². The van der Waals surface area contributed by atoms with Crippen LogP contribution in [-0.4, -0.2) is 50.1 Å². The average molecular weight is 425 g/mol. The van der Waals surface area contributed by atoms with Crippen LogP contribution in [0.15, 0.2) is 4.99 Å². The Morgan fingerprint density at radius 1 is 1.45 bits per heavy atom. The fraction of sp³-hybridized carbons (Fsp3) is 0.875. The van der Waals surface area contributed by atoms with Gasteiger partial charge in [0.15, 0.2) is 5.96 Å². The molecular formula is C16H32IN3O2. The Bertz CT molecular complexity index is 348. The van der Waals surface area contributed by atoms with E-state index in [0.29, 0.717) is 13.2 Å². The van der Waals surface area contributed by atoms with Crippen LogP contribution in [-0.2, 0) is 9.53 Å². The number of hydrogen-bond acceptors (Lipinski definition) is 3. The Kier molecular flexibility index (Phi) is 11.7. The fourth-order valence-electron chi connectivity index (χ4n) is 2.66. The van der Waals surface area contributed by atoms with E-state index >= 15 is 0 Å². The van der Waals surface area contributed by atoms with Crippen LogP contribution >= 0.6 is 24.0 Å². The lowest BCUT2D eigenvalue weighted by Crippen LogP contribution is -2.48. The molecule has 0 radical (unpaired) electrons. The molecule has 1 heterocycles. The van der Waals surface area contributed by atoms with Crippen molar-refractivity contribution in [3.8, 4) is 0 Å². The lowest BCUT2D eigenvalue weighted by molar-refractivity contribution is -0.149. The zero-order chi connectivity index (χ0) is 15.7. The highest BCUT2D eigenvalue weighted by Gasteiger charge is 2.28. The van der Waals surface area contributed by atoms with Crippen molar-refractivity contribution in [3.05, 3.63) is 0 Å². The summed E-state index contributed by atoms with van der Waals surface area (Å²) in [5.41, 5.74) is 0. The Balaban J connectivity index is 0.00000441. The number of piperidine rings is 1. The average Bonchev–Trinajstić information content (AvgIpc) is 2.47. The summed E-state index contributed by atoms with van der Waals surface area (Å²) in [6.45, 7) is 9.39. The van der Waals surface area contributed by atoms with Crippen LogP contribution in [0.4, 0.5) is 0 Å². The first kappa shape index (κ1) is 21.5. The van der Waals surface area contributed by atoms with Gasteiger partial charge in [-0.15, -0.1) is 24.0 Å². The second kappa shape index (κ2) is 12.0. The molecule has 1 fully saturated rings. The number of ether oxygens (including phenoxy) is 1. The van der Waals surface area contributed by atoms with E-state index in [9.17, 15) is 4.79 Å². The maximum Gasteiger partial charge on any atom is 0.310 e. The van der Waals surface area contributed by atoms with E-state index in [1.807, 2.05) is 6.92 Å². The number of carbonyl (C=O) groups is 1. The smallest absolute Gasteiger partial charge is 0.310 e. The van der Waals surface area contributed by atoms with Gasteiger partial charge in [0, 0.05) is 26.7 Å². The number of rotatable bonds is 6. The molecule has 0 spiro atoms. The summed E-state index contributed by atoms with van der Waals surface area (Å²) in [7, 11) is 1.80. The largest absolute Gasteiger partial charge is 0.466 e. The van der Waals surface area contributed by atoms with Crippen LogP contribution in [0.1, 0.15) is 46.5 Å². The monoisotopic (exact) mass is 425 g/mol. The molecule has 1 rings (SSSR count). The van der Waals surface area contributed by atoms with E-state index < -0.39 is 0 Å². The van der Waals surface area contributed by atoms with E-state index in [-0.39, 0.29) is 35.9 Å². The molecule has 1 atom stereocenters. The zero-order valence-electron chi connectivity index (χ0n) is 14.4. The van der Waals surface area contributed by atoms with Crippen LogP contribution in [0.25, 0.3) is 0 Å². The van der Waals surface area contributed by atoms with Crippen LogP contribution in [0, 0.1) is 11.8 Å². The maximum atomic E-state index is 11.9. The number of hydrogen-bond donors (Lipinski definition) is 1. The summed E-state index contributed by atoms with van der Waals surface area (Å²) in [5.74, 6) is 1.55. The molecule has 1 unspecified atom stereocenters. The van der Waals surface area contributed by atoms with Gasteiger partial charge in [-0.05, 0) is 38.5 Å². The van der Waals surface area contributed by atoms with Crippen LogP contribution in [0.5, 0.6) is 0 Å². The molecule has 0 aromatic carbocycles. The normalized spacial score (nSPS) is 18.9. The number of guanidine groups is 1. The lowest BCUT2D eigenvalue weighted by atomic mass is 9.98. The van der Waals surface area contributed by atoms with Gasteiger partial charge in [0.2, 0.25) is 0 Å². The van der Waals surface area contributed by atoms with Gasteiger partial charge in [-0.2, -0.15) is 0 Å². The Morgan fingerprint density at radius 2 is 2.18 bits per heavy atom. The quantitative estimate of drug-likeness (QED) is 0.234. The zero-order valence-corrected chi connectivity index (χ0v) is 16.8. The van der Waals surface area contributed by atoms with Crippen molar-refractivity contribution in [2.45, 2.75) is 46.5 Å². The molecule has 1 N–H and O–H groups in total. The summed E-state index contributed by atoms with van der Waals surface area (Å²) >= 11 is 0. The second-order valence-corrected chi connectivity index (χ2v) is 6.05.